The molecule has 3 aliphatic heterocycles. The van der Waals surface area contributed by atoms with Gasteiger partial charge in [-0.1, -0.05) is 0 Å². The summed E-state index contributed by atoms with van der Waals surface area (Å²) in [5.74, 6) is 0. The van der Waals surface area contributed by atoms with Gasteiger partial charge in [-0.25, -0.2) is 0 Å². The Morgan fingerprint density at radius 1 is 0.722 bits per heavy atom. The van der Waals surface area contributed by atoms with Crippen molar-refractivity contribution >= 4 is 0 Å². The van der Waals surface area contributed by atoms with Crippen molar-refractivity contribution in [3.63, 3.8) is 0 Å². The summed E-state index contributed by atoms with van der Waals surface area (Å²) in [6, 6.07) is 0. The zero-order valence-corrected chi connectivity index (χ0v) is 11.8. The average molecular weight is 258 g/mol. The van der Waals surface area contributed by atoms with Crippen molar-refractivity contribution < 1.29 is 4.74 Å². The molecule has 108 valence electrons. The summed E-state index contributed by atoms with van der Waals surface area (Å²) < 4.78 is 5.01. The van der Waals surface area contributed by atoms with Gasteiger partial charge in [0.05, 0.1) is 13.2 Å². The predicted molar refractivity (Wildman–Crippen MR) is 76.2 cm³/mol. The van der Waals surface area contributed by atoms with Crippen LogP contribution in [-0.4, -0.2) is 77.5 Å². The number of piperazine rings is 1. The molecular formula is C13H30N4O. The van der Waals surface area contributed by atoms with Crippen molar-refractivity contribution in [2.24, 2.45) is 0 Å². The largest absolute Gasteiger partial charge is 0.379 e. The molecule has 0 unspecified atom stereocenters. The molecule has 18 heavy (non-hydrogen) atoms. The van der Waals surface area contributed by atoms with Gasteiger partial charge in [0.25, 0.3) is 0 Å². The Morgan fingerprint density at radius 3 is 1.44 bits per heavy atom. The minimum atomic E-state index is 0.889. The molecule has 0 aromatic heterocycles. The van der Waals surface area contributed by atoms with E-state index in [4.69, 9.17) is 4.74 Å². The average Bonchev–Trinajstić information content (AvgIpc) is 3.01. The molecule has 0 amide bonds. The molecule has 5 heteroatoms. The lowest BCUT2D eigenvalue weighted by molar-refractivity contribution is 0.109. The van der Waals surface area contributed by atoms with Crippen molar-refractivity contribution in [3.05, 3.63) is 0 Å². The SMILES string of the molecule is C1CCNC1.C1COCCN1.CN1CCNCC1. The molecule has 0 saturated carbocycles. The third kappa shape index (κ3) is 9.79. The Labute approximate surface area is 112 Å². The third-order valence-electron chi connectivity index (χ3n) is 3.14. The van der Waals surface area contributed by atoms with Crippen LogP contribution < -0.4 is 16.0 Å². The van der Waals surface area contributed by atoms with Gasteiger partial charge in [0.15, 0.2) is 0 Å². The summed E-state index contributed by atoms with van der Waals surface area (Å²) in [5.41, 5.74) is 0. The fraction of sp³-hybridized carbons (Fsp3) is 1.00. The van der Waals surface area contributed by atoms with Gasteiger partial charge in [-0.3, -0.25) is 0 Å². The fourth-order valence-electron chi connectivity index (χ4n) is 1.92. The van der Waals surface area contributed by atoms with E-state index in [9.17, 15) is 0 Å². The van der Waals surface area contributed by atoms with Crippen LogP contribution in [0, 0.1) is 0 Å². The van der Waals surface area contributed by atoms with E-state index in [-0.39, 0.29) is 0 Å². The summed E-state index contributed by atoms with van der Waals surface area (Å²) in [6.45, 7) is 11.1. The maximum Gasteiger partial charge on any atom is 0.0591 e. The van der Waals surface area contributed by atoms with Crippen LogP contribution in [0.5, 0.6) is 0 Å². The quantitative estimate of drug-likeness (QED) is 0.547. The zero-order valence-electron chi connectivity index (χ0n) is 11.8. The molecule has 3 rings (SSSR count). The molecule has 3 fully saturated rings. The Balaban J connectivity index is 0.000000137. The second-order valence-electron chi connectivity index (χ2n) is 4.87. The molecule has 0 spiro atoms. The first-order chi connectivity index (χ1) is 8.89. The predicted octanol–water partition coefficient (Wildman–Crippen LogP) is -0.503. The molecule has 0 aliphatic carbocycles. The van der Waals surface area contributed by atoms with E-state index in [1.165, 1.54) is 39.0 Å². The van der Waals surface area contributed by atoms with Gasteiger partial charge in [-0.2, -0.15) is 0 Å². The lowest BCUT2D eigenvalue weighted by atomic mass is 10.4. The lowest BCUT2D eigenvalue weighted by Gasteiger charge is -2.21. The number of rotatable bonds is 0. The summed E-state index contributed by atoms with van der Waals surface area (Å²) in [5, 5.41) is 9.66. The van der Waals surface area contributed by atoms with Crippen LogP contribution in [0.2, 0.25) is 0 Å². The van der Waals surface area contributed by atoms with E-state index in [0.29, 0.717) is 0 Å². The smallest absolute Gasteiger partial charge is 0.0591 e. The molecule has 3 heterocycles. The molecule has 0 aromatic rings. The topological polar surface area (TPSA) is 48.6 Å². The minimum absolute atomic E-state index is 0.889. The first-order valence-corrected chi connectivity index (χ1v) is 7.28. The van der Waals surface area contributed by atoms with Crippen LogP contribution in [-0.2, 0) is 4.74 Å². The molecule has 0 aromatic carbocycles. The molecule has 3 N–H and O–H groups in total. The number of ether oxygens (including phenoxy) is 1. The van der Waals surface area contributed by atoms with E-state index >= 15 is 0 Å². The van der Waals surface area contributed by atoms with Gasteiger partial charge in [0.2, 0.25) is 0 Å². The highest BCUT2D eigenvalue weighted by Crippen LogP contribution is 1.90. The Morgan fingerprint density at radius 2 is 1.22 bits per heavy atom. The second-order valence-corrected chi connectivity index (χ2v) is 4.87. The van der Waals surface area contributed by atoms with Crippen molar-refractivity contribution in [1.82, 2.24) is 20.9 Å². The molecular weight excluding hydrogens is 228 g/mol. The maximum absolute atomic E-state index is 5.01. The van der Waals surface area contributed by atoms with Crippen molar-refractivity contribution in [2.45, 2.75) is 12.8 Å². The van der Waals surface area contributed by atoms with E-state index in [0.717, 1.165) is 39.4 Å². The van der Waals surface area contributed by atoms with Crippen LogP contribution in [0.15, 0.2) is 0 Å². The molecule has 0 radical (unpaired) electrons. The van der Waals surface area contributed by atoms with Gasteiger partial charge >= 0.3 is 0 Å². The number of likely N-dealkylation sites (N-methyl/N-ethyl adjacent to an activating group) is 1. The Bertz CT molecular complexity index is 147. The molecule has 5 nitrogen and oxygen atoms in total. The second kappa shape index (κ2) is 11.9. The number of hydrogen-bond donors (Lipinski definition) is 3. The summed E-state index contributed by atoms with van der Waals surface area (Å²) in [6.07, 6.45) is 2.78. The highest BCUT2D eigenvalue weighted by atomic mass is 16.5. The Kier molecular flexibility index (Phi) is 10.5. The minimum Gasteiger partial charge on any atom is -0.379 e. The van der Waals surface area contributed by atoms with Gasteiger partial charge in [-0.15, -0.1) is 0 Å². The maximum atomic E-state index is 5.01. The molecule has 0 atom stereocenters. The third-order valence-corrected chi connectivity index (χ3v) is 3.14. The normalized spacial score (nSPS) is 24.5. The standard InChI is InChI=1S/C5H12N2.C4H9NO.C4H9N/c1-7-4-2-6-3-5-7;1-3-6-4-2-5-1;1-2-4-5-3-1/h6H,2-5H2,1H3;5H,1-4H2;5H,1-4H2. The first kappa shape index (κ1) is 15.9. The summed E-state index contributed by atoms with van der Waals surface area (Å²) in [7, 11) is 2.15. The van der Waals surface area contributed by atoms with Crippen molar-refractivity contribution in [3.8, 4) is 0 Å². The number of hydrogen-bond acceptors (Lipinski definition) is 5. The number of nitrogens with one attached hydrogen (secondary N) is 3. The van der Waals surface area contributed by atoms with Crippen LogP contribution >= 0.6 is 0 Å². The van der Waals surface area contributed by atoms with Gasteiger partial charge in [-0.05, 0) is 33.0 Å². The highest BCUT2D eigenvalue weighted by molar-refractivity contribution is 4.62. The molecule has 0 bridgehead atoms. The van der Waals surface area contributed by atoms with Crippen molar-refractivity contribution in [2.75, 3.05) is 72.6 Å². The highest BCUT2D eigenvalue weighted by Gasteiger charge is 2.01. The number of nitrogens with zero attached hydrogens (tertiary/aromatic N) is 1. The molecule has 3 aliphatic rings. The summed E-state index contributed by atoms with van der Waals surface area (Å²) >= 11 is 0. The fourth-order valence-corrected chi connectivity index (χ4v) is 1.92. The van der Waals surface area contributed by atoms with E-state index < -0.39 is 0 Å². The van der Waals surface area contributed by atoms with Crippen LogP contribution in [0.3, 0.4) is 0 Å². The van der Waals surface area contributed by atoms with E-state index in [2.05, 4.69) is 27.9 Å². The van der Waals surface area contributed by atoms with Crippen LogP contribution in [0.1, 0.15) is 12.8 Å². The Hall–Kier alpha value is -0.200. The zero-order chi connectivity index (χ0) is 12.9. The van der Waals surface area contributed by atoms with Gasteiger partial charge in [0, 0.05) is 39.3 Å². The van der Waals surface area contributed by atoms with Crippen LogP contribution in [0.25, 0.3) is 0 Å². The number of morpholine rings is 1. The van der Waals surface area contributed by atoms with Crippen molar-refractivity contribution in [1.29, 1.82) is 0 Å². The van der Waals surface area contributed by atoms with Crippen LogP contribution in [0.4, 0.5) is 0 Å². The summed E-state index contributed by atoms with van der Waals surface area (Å²) in [4.78, 5) is 2.33. The molecule has 3 saturated heterocycles. The lowest BCUT2D eigenvalue weighted by Crippen LogP contribution is -2.40. The monoisotopic (exact) mass is 258 g/mol. The first-order valence-electron chi connectivity index (χ1n) is 7.28. The van der Waals surface area contributed by atoms with E-state index in [1.807, 2.05) is 0 Å². The van der Waals surface area contributed by atoms with E-state index in [1.54, 1.807) is 0 Å². The van der Waals surface area contributed by atoms with Gasteiger partial charge < -0.3 is 25.6 Å². The van der Waals surface area contributed by atoms with Gasteiger partial charge in [0.1, 0.15) is 0 Å².